The van der Waals surface area contributed by atoms with E-state index in [-0.39, 0.29) is 5.75 Å². The van der Waals surface area contributed by atoms with Crippen molar-refractivity contribution in [1.82, 2.24) is 4.90 Å². The predicted octanol–water partition coefficient (Wildman–Crippen LogP) is 2.47. The van der Waals surface area contributed by atoms with Crippen LogP contribution in [0.15, 0.2) is 21.1 Å². The van der Waals surface area contributed by atoms with Crippen molar-refractivity contribution in [1.29, 1.82) is 0 Å². The third-order valence-corrected chi connectivity index (χ3v) is 3.62. The molecule has 0 amide bonds. The van der Waals surface area contributed by atoms with Gasteiger partial charge in [0.15, 0.2) is 0 Å². The molecule has 6 heteroatoms. The van der Waals surface area contributed by atoms with Crippen molar-refractivity contribution in [2.75, 3.05) is 14.1 Å². The summed E-state index contributed by atoms with van der Waals surface area (Å²) in [6, 6.07) is 2.86. The van der Waals surface area contributed by atoms with Gasteiger partial charge in [-0.1, -0.05) is 0 Å². The summed E-state index contributed by atoms with van der Waals surface area (Å²) in [4.78, 5) is 12.7. The van der Waals surface area contributed by atoms with E-state index in [4.69, 9.17) is 5.11 Å². The molecule has 0 aromatic heterocycles. The van der Waals surface area contributed by atoms with Crippen LogP contribution in [0.25, 0.3) is 0 Å². The summed E-state index contributed by atoms with van der Waals surface area (Å²) >= 11 is 6.44. The number of phenolic OH excluding ortho intramolecular Hbond substituents is 1. The number of aromatic hydroxyl groups is 1. The van der Waals surface area contributed by atoms with E-state index in [0.29, 0.717) is 15.4 Å². The van der Waals surface area contributed by atoms with Crippen molar-refractivity contribution < 1.29 is 15.0 Å². The van der Waals surface area contributed by atoms with Crippen molar-refractivity contribution >= 4 is 37.8 Å². The zero-order chi connectivity index (χ0) is 13.2. The zero-order valence-corrected chi connectivity index (χ0v) is 12.6. The van der Waals surface area contributed by atoms with Gasteiger partial charge < -0.3 is 10.2 Å². The number of likely N-dealkylation sites (N-methyl/N-ethyl adjacent to an activating group) is 1. The lowest BCUT2D eigenvalue weighted by Gasteiger charge is -2.20. The average Bonchev–Trinajstić information content (AvgIpc) is 2.21. The van der Waals surface area contributed by atoms with Crippen LogP contribution in [-0.2, 0) is 11.2 Å². The molecule has 0 heterocycles. The summed E-state index contributed by atoms with van der Waals surface area (Å²) < 4.78 is 1.09. The smallest absolute Gasteiger partial charge is 0.321 e. The lowest BCUT2D eigenvalue weighted by molar-refractivity contribution is -0.142. The second-order valence-corrected chi connectivity index (χ2v) is 5.64. The number of carbonyl (C=O) groups is 1. The minimum Gasteiger partial charge on any atom is -0.506 e. The van der Waals surface area contributed by atoms with Crippen LogP contribution in [0.2, 0.25) is 0 Å². The Balaban J connectivity index is 2.98. The van der Waals surface area contributed by atoms with Crippen LogP contribution < -0.4 is 0 Å². The first-order valence-corrected chi connectivity index (χ1v) is 6.47. The van der Waals surface area contributed by atoms with Gasteiger partial charge in [-0.2, -0.15) is 0 Å². The monoisotopic (exact) mass is 365 g/mol. The molecule has 2 N–H and O–H groups in total. The number of phenols is 1. The second kappa shape index (κ2) is 5.84. The van der Waals surface area contributed by atoms with Crippen molar-refractivity contribution in [3.63, 3.8) is 0 Å². The number of hydrogen-bond acceptors (Lipinski definition) is 3. The fourth-order valence-electron chi connectivity index (χ4n) is 1.45. The van der Waals surface area contributed by atoms with Crippen LogP contribution in [-0.4, -0.2) is 41.2 Å². The highest BCUT2D eigenvalue weighted by molar-refractivity contribution is 9.11. The Morgan fingerprint density at radius 1 is 1.35 bits per heavy atom. The lowest BCUT2D eigenvalue weighted by atomic mass is 10.1. The maximum atomic E-state index is 11.1. The summed E-state index contributed by atoms with van der Waals surface area (Å²) in [5.74, 6) is -0.749. The van der Waals surface area contributed by atoms with Gasteiger partial charge >= 0.3 is 5.97 Å². The van der Waals surface area contributed by atoms with Crippen LogP contribution in [0.5, 0.6) is 5.75 Å². The quantitative estimate of drug-likeness (QED) is 0.859. The van der Waals surface area contributed by atoms with E-state index in [2.05, 4.69) is 31.9 Å². The molecule has 0 aliphatic carbocycles. The summed E-state index contributed by atoms with van der Waals surface area (Å²) in [7, 11) is 3.45. The Labute approximate surface area is 117 Å². The molecule has 0 aliphatic heterocycles. The molecule has 1 rings (SSSR count). The number of hydrogen-bond donors (Lipinski definition) is 2. The molecule has 4 nitrogen and oxygen atoms in total. The number of benzene rings is 1. The Kier molecular flexibility index (Phi) is 4.97. The van der Waals surface area contributed by atoms with Crippen LogP contribution >= 0.6 is 31.9 Å². The standard InChI is InChI=1S/C11H13Br2NO3/c1-14(2)9(11(16)17)5-6-3-7(12)10(15)8(13)4-6/h3-4,9,15H,5H2,1-2H3,(H,16,17)/t9-/m1/s1. The van der Waals surface area contributed by atoms with E-state index < -0.39 is 12.0 Å². The fourth-order valence-corrected chi connectivity index (χ4v) is 2.73. The Hall–Kier alpha value is -0.590. The van der Waals surface area contributed by atoms with Gasteiger partial charge in [-0.15, -0.1) is 0 Å². The third kappa shape index (κ3) is 3.69. The Morgan fingerprint density at radius 2 is 1.82 bits per heavy atom. The zero-order valence-electron chi connectivity index (χ0n) is 9.44. The van der Waals surface area contributed by atoms with E-state index >= 15 is 0 Å². The first-order chi connectivity index (χ1) is 7.82. The number of rotatable bonds is 4. The molecular formula is C11H13Br2NO3. The molecule has 94 valence electrons. The van der Waals surface area contributed by atoms with Gasteiger partial charge in [-0.3, -0.25) is 9.69 Å². The molecule has 0 unspecified atom stereocenters. The topological polar surface area (TPSA) is 60.8 Å². The van der Waals surface area contributed by atoms with Gasteiger partial charge in [0.2, 0.25) is 0 Å². The van der Waals surface area contributed by atoms with Crippen molar-refractivity contribution in [3.8, 4) is 5.75 Å². The summed E-state index contributed by atoms with van der Waals surface area (Å²) in [5.41, 5.74) is 0.836. The van der Waals surface area contributed by atoms with E-state index in [1.807, 2.05) is 0 Å². The summed E-state index contributed by atoms with van der Waals surface area (Å²) in [6.07, 6.45) is 0.375. The molecule has 0 spiro atoms. The maximum absolute atomic E-state index is 11.1. The molecular weight excluding hydrogens is 354 g/mol. The van der Waals surface area contributed by atoms with E-state index in [1.165, 1.54) is 0 Å². The van der Waals surface area contributed by atoms with Gasteiger partial charge in [0.1, 0.15) is 11.8 Å². The fraction of sp³-hybridized carbons (Fsp3) is 0.364. The van der Waals surface area contributed by atoms with Crippen LogP contribution in [0.4, 0.5) is 0 Å². The lowest BCUT2D eigenvalue weighted by Crippen LogP contribution is -2.37. The number of carboxylic acid groups (broad SMARTS) is 1. The van der Waals surface area contributed by atoms with Gasteiger partial charge in [0, 0.05) is 0 Å². The molecule has 0 fully saturated rings. The summed E-state index contributed by atoms with van der Waals surface area (Å²) in [5, 5.41) is 18.6. The van der Waals surface area contributed by atoms with Gasteiger partial charge in [-0.05, 0) is 70.1 Å². The Bertz CT molecular complexity index is 412. The van der Waals surface area contributed by atoms with Crippen molar-refractivity contribution in [2.24, 2.45) is 0 Å². The molecule has 0 saturated carbocycles. The van der Waals surface area contributed by atoms with Crippen LogP contribution in [0.3, 0.4) is 0 Å². The first-order valence-electron chi connectivity index (χ1n) is 4.89. The first kappa shape index (κ1) is 14.5. The second-order valence-electron chi connectivity index (χ2n) is 3.93. The molecule has 0 saturated heterocycles. The molecule has 1 aromatic carbocycles. The average molecular weight is 367 g/mol. The number of halogens is 2. The predicted molar refractivity (Wildman–Crippen MR) is 72.3 cm³/mol. The van der Waals surface area contributed by atoms with Gasteiger partial charge in [0.25, 0.3) is 0 Å². The maximum Gasteiger partial charge on any atom is 0.321 e. The molecule has 1 atom stereocenters. The molecule has 0 radical (unpaired) electrons. The minimum absolute atomic E-state index is 0.116. The minimum atomic E-state index is -0.865. The molecule has 0 aliphatic rings. The molecule has 1 aromatic rings. The van der Waals surface area contributed by atoms with Gasteiger partial charge in [-0.25, -0.2) is 0 Å². The highest BCUT2D eigenvalue weighted by atomic mass is 79.9. The highest BCUT2D eigenvalue weighted by Crippen LogP contribution is 2.33. The third-order valence-electron chi connectivity index (χ3n) is 2.41. The van der Waals surface area contributed by atoms with E-state index in [1.54, 1.807) is 31.1 Å². The van der Waals surface area contributed by atoms with E-state index in [9.17, 15) is 9.90 Å². The van der Waals surface area contributed by atoms with Crippen molar-refractivity contribution in [2.45, 2.75) is 12.5 Å². The Morgan fingerprint density at radius 3 is 2.18 bits per heavy atom. The number of carboxylic acids is 1. The van der Waals surface area contributed by atoms with Crippen molar-refractivity contribution in [3.05, 3.63) is 26.6 Å². The number of nitrogens with zero attached hydrogens (tertiary/aromatic N) is 1. The molecule has 0 bridgehead atoms. The van der Waals surface area contributed by atoms with Gasteiger partial charge in [0.05, 0.1) is 8.95 Å². The number of aliphatic carboxylic acids is 1. The SMILES string of the molecule is CN(C)[C@H](Cc1cc(Br)c(O)c(Br)c1)C(=O)O. The molecule has 17 heavy (non-hydrogen) atoms. The van der Waals surface area contributed by atoms with Crippen LogP contribution in [0, 0.1) is 0 Å². The van der Waals surface area contributed by atoms with Crippen LogP contribution in [0.1, 0.15) is 5.56 Å². The highest BCUT2D eigenvalue weighted by Gasteiger charge is 2.21. The normalized spacial score (nSPS) is 12.8. The van der Waals surface area contributed by atoms with E-state index in [0.717, 1.165) is 5.56 Å². The largest absolute Gasteiger partial charge is 0.506 e. The summed E-state index contributed by atoms with van der Waals surface area (Å²) in [6.45, 7) is 0.